The normalized spacial score (nSPS) is 12.6. The maximum Gasteiger partial charge on any atom is 0.306 e. The van der Waals surface area contributed by atoms with Crippen molar-refractivity contribution in [2.45, 2.75) is 38.0 Å². The van der Waals surface area contributed by atoms with Crippen molar-refractivity contribution in [1.29, 1.82) is 5.26 Å². The molecule has 0 aliphatic carbocycles. The van der Waals surface area contributed by atoms with Gasteiger partial charge in [-0.2, -0.15) is 5.26 Å². The summed E-state index contributed by atoms with van der Waals surface area (Å²) in [6, 6.07) is 46.0. The molecule has 3 aromatic carbocycles. The van der Waals surface area contributed by atoms with Gasteiger partial charge >= 0.3 is 5.97 Å². The number of carbonyl (C=O) groups excluding carboxylic acids is 1. The summed E-state index contributed by atoms with van der Waals surface area (Å²) >= 11 is 7.38. The van der Waals surface area contributed by atoms with Gasteiger partial charge in [-0.3, -0.25) is 14.8 Å². The zero-order chi connectivity index (χ0) is 35.5. The number of ether oxygens (including phenoxy) is 1. The van der Waals surface area contributed by atoms with Gasteiger partial charge in [-0.1, -0.05) is 109 Å². The minimum atomic E-state index is -0.757. The Balaban J connectivity index is 1.09. The lowest BCUT2D eigenvalue weighted by molar-refractivity contribution is -0.145. The second-order valence-corrected chi connectivity index (χ2v) is 14.3. The quantitative estimate of drug-likeness (QED) is 0.0867. The van der Waals surface area contributed by atoms with Crippen LogP contribution in [-0.4, -0.2) is 25.1 Å². The van der Waals surface area contributed by atoms with Crippen LogP contribution in [0.5, 0.6) is 0 Å². The first kappa shape index (κ1) is 35.3. The topological polar surface area (TPSA) is 88.8 Å². The fourth-order valence-electron chi connectivity index (χ4n) is 5.68. The van der Waals surface area contributed by atoms with Crippen molar-refractivity contribution in [3.05, 3.63) is 163 Å². The molecule has 0 spiro atoms. The standard InChI is InChI=1S/C43H36N4O2S2/c1-43(30-44,28-40(33-12-4-2-5-13-33)51-42(50)34-14-6-3-7-15-34)23-22-41(48)49-29-31-18-20-32(21-19-31)35-26-38(36-16-8-10-24-45-36)47-39(27-35)37-17-9-11-25-46-37/h2-21,24-27,40H,22-23,28-29H2,1H3. The van der Waals surface area contributed by atoms with Crippen molar-refractivity contribution in [3.8, 4) is 40.0 Å². The van der Waals surface area contributed by atoms with Gasteiger partial charge in [0.15, 0.2) is 0 Å². The van der Waals surface area contributed by atoms with Crippen LogP contribution in [-0.2, 0) is 16.1 Å². The highest BCUT2D eigenvalue weighted by atomic mass is 32.2. The van der Waals surface area contributed by atoms with Crippen molar-refractivity contribution < 1.29 is 9.53 Å². The Bertz CT molecular complexity index is 2050. The summed E-state index contributed by atoms with van der Waals surface area (Å²) in [6.07, 6.45) is 4.57. The van der Waals surface area contributed by atoms with Gasteiger partial charge in [0.2, 0.25) is 0 Å². The highest BCUT2D eigenvalue weighted by Gasteiger charge is 2.31. The van der Waals surface area contributed by atoms with Crippen molar-refractivity contribution in [2.24, 2.45) is 5.41 Å². The monoisotopic (exact) mass is 704 g/mol. The Hall–Kier alpha value is -5.49. The summed E-state index contributed by atoms with van der Waals surface area (Å²) in [5.74, 6) is -0.335. The number of benzene rings is 3. The van der Waals surface area contributed by atoms with Crippen LogP contribution in [0.2, 0.25) is 0 Å². The third-order valence-corrected chi connectivity index (χ3v) is 10.3. The molecule has 8 heteroatoms. The fourth-order valence-corrected chi connectivity index (χ4v) is 7.43. The van der Waals surface area contributed by atoms with E-state index in [9.17, 15) is 10.1 Å². The SMILES string of the molecule is CC(C#N)(CCC(=O)OCc1ccc(-c2cc(-c3ccccn3)nc(-c3ccccn3)c2)cc1)CC(SC(=S)c1ccccc1)c1ccccc1. The highest BCUT2D eigenvalue weighted by Crippen LogP contribution is 2.43. The first-order valence-corrected chi connectivity index (χ1v) is 18.0. The van der Waals surface area contributed by atoms with Crippen LogP contribution in [0.15, 0.2) is 146 Å². The minimum Gasteiger partial charge on any atom is -0.461 e. The molecule has 6 nitrogen and oxygen atoms in total. The molecule has 0 fully saturated rings. The number of hydrogen-bond donors (Lipinski definition) is 0. The Labute approximate surface area is 308 Å². The number of hydrogen-bond acceptors (Lipinski definition) is 8. The minimum absolute atomic E-state index is 0.0430. The van der Waals surface area contributed by atoms with Crippen LogP contribution in [0, 0.1) is 16.7 Å². The summed E-state index contributed by atoms with van der Waals surface area (Å²) < 4.78 is 6.46. The predicted molar refractivity (Wildman–Crippen MR) is 208 cm³/mol. The van der Waals surface area contributed by atoms with Crippen molar-refractivity contribution in [2.75, 3.05) is 0 Å². The molecule has 0 radical (unpaired) electrons. The van der Waals surface area contributed by atoms with Gasteiger partial charge < -0.3 is 4.74 Å². The van der Waals surface area contributed by atoms with E-state index in [1.807, 2.05) is 128 Å². The predicted octanol–water partition coefficient (Wildman–Crippen LogP) is 10.5. The zero-order valence-corrected chi connectivity index (χ0v) is 29.8. The third kappa shape index (κ3) is 9.61. The molecule has 0 bridgehead atoms. The van der Waals surface area contributed by atoms with Crippen LogP contribution in [0.3, 0.4) is 0 Å². The summed E-state index contributed by atoms with van der Waals surface area (Å²) in [5, 5.41) is 10.2. The molecule has 0 amide bonds. The van der Waals surface area contributed by atoms with Crippen LogP contribution in [0.1, 0.15) is 48.1 Å². The average Bonchev–Trinajstić information content (AvgIpc) is 3.20. The highest BCUT2D eigenvalue weighted by molar-refractivity contribution is 8.23. The molecule has 0 aliphatic rings. The number of carbonyl (C=O) groups is 1. The molecule has 252 valence electrons. The van der Waals surface area contributed by atoms with E-state index in [1.165, 1.54) is 0 Å². The number of nitrogens with zero attached hydrogens (tertiary/aromatic N) is 4. The average molecular weight is 705 g/mol. The number of thioether (sulfide) groups is 1. The summed E-state index contributed by atoms with van der Waals surface area (Å²) in [7, 11) is 0. The van der Waals surface area contributed by atoms with E-state index < -0.39 is 5.41 Å². The van der Waals surface area contributed by atoms with E-state index >= 15 is 0 Å². The lowest BCUT2D eigenvalue weighted by atomic mass is 9.81. The van der Waals surface area contributed by atoms with E-state index in [0.29, 0.717) is 12.8 Å². The largest absolute Gasteiger partial charge is 0.461 e. The molecule has 3 heterocycles. The molecule has 51 heavy (non-hydrogen) atoms. The first-order valence-electron chi connectivity index (χ1n) is 16.7. The molecular weight excluding hydrogens is 669 g/mol. The molecular formula is C43H36N4O2S2. The maximum absolute atomic E-state index is 13.0. The van der Waals surface area contributed by atoms with Gasteiger partial charge in [0.1, 0.15) is 6.61 Å². The lowest BCUT2D eigenvalue weighted by Crippen LogP contribution is -2.20. The second kappa shape index (κ2) is 16.9. The number of pyridine rings is 3. The van der Waals surface area contributed by atoms with Crippen molar-refractivity contribution in [3.63, 3.8) is 0 Å². The van der Waals surface area contributed by atoms with Crippen molar-refractivity contribution >= 4 is 34.1 Å². The molecule has 6 rings (SSSR count). The van der Waals surface area contributed by atoms with Crippen LogP contribution in [0.4, 0.5) is 0 Å². The van der Waals surface area contributed by atoms with Gasteiger partial charge in [0, 0.05) is 24.1 Å². The van der Waals surface area contributed by atoms with Crippen LogP contribution in [0.25, 0.3) is 33.9 Å². The van der Waals surface area contributed by atoms with E-state index in [-0.39, 0.29) is 24.2 Å². The molecule has 0 saturated carbocycles. The van der Waals surface area contributed by atoms with Gasteiger partial charge in [0.05, 0.1) is 38.5 Å². The Kier molecular flexibility index (Phi) is 11.7. The second-order valence-electron chi connectivity index (χ2n) is 12.5. The van der Waals surface area contributed by atoms with Crippen molar-refractivity contribution in [1.82, 2.24) is 15.0 Å². The third-order valence-electron chi connectivity index (χ3n) is 8.58. The lowest BCUT2D eigenvalue weighted by Gasteiger charge is -2.27. The molecule has 0 N–H and O–H groups in total. The molecule has 0 saturated heterocycles. The number of thiocarbonyl (C=S) groups is 1. The Morgan fingerprint density at radius 3 is 1.94 bits per heavy atom. The van der Waals surface area contributed by atoms with E-state index in [0.717, 1.165) is 54.8 Å². The van der Waals surface area contributed by atoms with E-state index in [4.69, 9.17) is 21.9 Å². The number of aromatic nitrogens is 3. The first-order chi connectivity index (χ1) is 24.9. The summed E-state index contributed by atoms with van der Waals surface area (Å²) in [4.78, 5) is 26.8. The Morgan fingerprint density at radius 2 is 1.37 bits per heavy atom. The number of esters is 1. The zero-order valence-electron chi connectivity index (χ0n) is 28.2. The molecule has 6 aromatic rings. The van der Waals surface area contributed by atoms with E-state index in [2.05, 4.69) is 28.2 Å². The van der Waals surface area contributed by atoms with Crippen LogP contribution < -0.4 is 0 Å². The Morgan fingerprint density at radius 1 is 0.784 bits per heavy atom. The van der Waals surface area contributed by atoms with E-state index in [1.54, 1.807) is 24.2 Å². The molecule has 3 aromatic heterocycles. The van der Waals surface area contributed by atoms with Crippen LogP contribution >= 0.6 is 24.0 Å². The summed E-state index contributed by atoms with van der Waals surface area (Å²) in [5.41, 5.74) is 7.22. The number of rotatable bonds is 13. The smallest absolute Gasteiger partial charge is 0.306 e. The van der Waals surface area contributed by atoms with Gasteiger partial charge in [-0.15, -0.1) is 11.8 Å². The number of nitriles is 1. The molecule has 2 unspecified atom stereocenters. The molecule has 2 atom stereocenters. The van der Waals surface area contributed by atoms with Gasteiger partial charge in [-0.05, 0) is 84.0 Å². The van der Waals surface area contributed by atoms with Gasteiger partial charge in [-0.25, -0.2) is 4.98 Å². The van der Waals surface area contributed by atoms with Gasteiger partial charge in [0.25, 0.3) is 0 Å². The maximum atomic E-state index is 13.0. The summed E-state index contributed by atoms with van der Waals surface area (Å²) in [6.45, 7) is 2.06. The molecule has 0 aliphatic heterocycles. The fraction of sp³-hybridized carbons (Fsp3) is 0.163.